The zero-order chi connectivity index (χ0) is 15.0. The molecule has 2 N–H and O–H groups in total. The molecular formula is C14H19N3O3S. The summed E-state index contributed by atoms with van der Waals surface area (Å²) in [5.74, 6) is -0.276. The fourth-order valence-electron chi connectivity index (χ4n) is 2.67. The van der Waals surface area contributed by atoms with Crippen LogP contribution in [0.1, 0.15) is 44.2 Å². The summed E-state index contributed by atoms with van der Waals surface area (Å²) in [6.07, 6.45) is 3.68. The lowest BCUT2D eigenvalue weighted by molar-refractivity contribution is -0.150. The van der Waals surface area contributed by atoms with Gasteiger partial charge in [0.05, 0.1) is 11.1 Å². The van der Waals surface area contributed by atoms with Crippen LogP contribution in [0.15, 0.2) is 5.38 Å². The summed E-state index contributed by atoms with van der Waals surface area (Å²) in [7, 11) is 0. The number of carbonyl (C=O) groups excluding carboxylic acids is 1. The molecule has 21 heavy (non-hydrogen) atoms. The smallest absolute Gasteiger partial charge is 0.323 e. The minimum Gasteiger partial charge on any atom is -0.481 e. The molecule has 1 saturated heterocycles. The summed E-state index contributed by atoms with van der Waals surface area (Å²) in [5.41, 5.74) is 0.210. The summed E-state index contributed by atoms with van der Waals surface area (Å²) in [6, 6.07) is -0.251. The molecule has 0 radical (unpaired) electrons. The lowest BCUT2D eigenvalue weighted by Crippen LogP contribution is -2.49. The summed E-state index contributed by atoms with van der Waals surface area (Å²) >= 11 is 1.43. The fraction of sp³-hybridized carbons (Fsp3) is 0.643. The first kappa shape index (κ1) is 14.3. The van der Waals surface area contributed by atoms with Gasteiger partial charge in [0.1, 0.15) is 0 Å². The average Bonchev–Trinajstić information content (AvgIpc) is 3.19. The van der Waals surface area contributed by atoms with Crippen molar-refractivity contribution in [1.29, 1.82) is 0 Å². The summed E-state index contributed by atoms with van der Waals surface area (Å²) in [4.78, 5) is 29.6. The Hall–Kier alpha value is -1.63. The highest BCUT2D eigenvalue weighted by atomic mass is 32.1. The number of anilines is 1. The van der Waals surface area contributed by atoms with Crippen molar-refractivity contribution in [1.82, 2.24) is 9.88 Å². The fourth-order valence-corrected chi connectivity index (χ4v) is 3.45. The standard InChI is InChI=1S/C14H19N3O3S/c1-14(11(18)19)5-2-6-17(8-14)13(20)16-12-15-10(7-21-12)9-3-4-9/h7,9H,2-6,8H2,1H3,(H,18,19)(H,15,16,20). The molecule has 7 heteroatoms. The summed E-state index contributed by atoms with van der Waals surface area (Å²) in [5, 5.41) is 14.7. The Morgan fingerprint density at radius 3 is 2.95 bits per heavy atom. The van der Waals surface area contributed by atoms with E-state index in [1.54, 1.807) is 11.8 Å². The number of rotatable bonds is 3. The van der Waals surface area contributed by atoms with Crippen LogP contribution in [0.5, 0.6) is 0 Å². The van der Waals surface area contributed by atoms with Crippen molar-refractivity contribution in [2.75, 3.05) is 18.4 Å². The predicted octanol–water partition coefficient (Wildman–Crippen LogP) is 2.74. The Kier molecular flexibility index (Phi) is 3.61. The number of urea groups is 1. The molecule has 0 bridgehead atoms. The van der Waals surface area contributed by atoms with E-state index in [-0.39, 0.29) is 12.6 Å². The van der Waals surface area contributed by atoms with Crippen molar-refractivity contribution >= 4 is 28.5 Å². The van der Waals surface area contributed by atoms with Crippen molar-refractivity contribution in [3.05, 3.63) is 11.1 Å². The zero-order valence-corrected chi connectivity index (χ0v) is 12.8. The van der Waals surface area contributed by atoms with Gasteiger partial charge < -0.3 is 10.0 Å². The molecule has 114 valence electrons. The van der Waals surface area contributed by atoms with Gasteiger partial charge in [0.15, 0.2) is 5.13 Å². The Balaban J connectivity index is 1.62. The topological polar surface area (TPSA) is 82.5 Å². The molecule has 1 atom stereocenters. The largest absolute Gasteiger partial charge is 0.481 e. The quantitative estimate of drug-likeness (QED) is 0.899. The Morgan fingerprint density at radius 1 is 1.52 bits per heavy atom. The molecule has 1 aliphatic carbocycles. The first-order valence-electron chi connectivity index (χ1n) is 7.23. The van der Waals surface area contributed by atoms with Crippen LogP contribution in [0.2, 0.25) is 0 Å². The Morgan fingerprint density at radius 2 is 2.29 bits per heavy atom. The van der Waals surface area contributed by atoms with E-state index in [2.05, 4.69) is 10.3 Å². The first-order chi connectivity index (χ1) is 9.98. The average molecular weight is 309 g/mol. The molecule has 2 aliphatic rings. The van der Waals surface area contributed by atoms with Crippen LogP contribution >= 0.6 is 11.3 Å². The van der Waals surface area contributed by atoms with Gasteiger partial charge >= 0.3 is 12.0 Å². The van der Waals surface area contributed by atoms with Crippen LogP contribution in [0.4, 0.5) is 9.93 Å². The van der Waals surface area contributed by atoms with Crippen molar-refractivity contribution in [3.63, 3.8) is 0 Å². The number of thiazole rings is 1. The van der Waals surface area contributed by atoms with Crippen LogP contribution in [0.3, 0.4) is 0 Å². The highest BCUT2D eigenvalue weighted by molar-refractivity contribution is 7.13. The van der Waals surface area contributed by atoms with Gasteiger partial charge in [-0.15, -0.1) is 11.3 Å². The van der Waals surface area contributed by atoms with E-state index < -0.39 is 11.4 Å². The van der Waals surface area contributed by atoms with Gasteiger partial charge in [-0.25, -0.2) is 9.78 Å². The third kappa shape index (κ3) is 3.02. The molecule has 0 spiro atoms. The Labute approximate surface area is 127 Å². The SMILES string of the molecule is CC1(C(=O)O)CCCN(C(=O)Nc2nc(C3CC3)cs2)C1. The van der Waals surface area contributed by atoms with E-state index in [1.807, 2.05) is 5.38 Å². The third-order valence-electron chi connectivity index (χ3n) is 4.23. The lowest BCUT2D eigenvalue weighted by Gasteiger charge is -2.37. The number of carboxylic acids is 1. The minimum atomic E-state index is -0.850. The maximum atomic E-state index is 12.3. The van der Waals surface area contributed by atoms with E-state index in [0.29, 0.717) is 30.4 Å². The normalized spacial score (nSPS) is 25.7. The van der Waals surface area contributed by atoms with Gasteiger partial charge in [-0.1, -0.05) is 0 Å². The number of hydrogen-bond acceptors (Lipinski definition) is 4. The summed E-state index contributed by atoms with van der Waals surface area (Å²) < 4.78 is 0. The number of aromatic nitrogens is 1. The molecule has 1 aliphatic heterocycles. The molecule has 1 saturated carbocycles. The number of nitrogens with zero attached hydrogens (tertiary/aromatic N) is 2. The lowest BCUT2D eigenvalue weighted by atomic mass is 9.82. The van der Waals surface area contributed by atoms with Crippen LogP contribution in [0.25, 0.3) is 0 Å². The second-order valence-electron chi connectivity index (χ2n) is 6.17. The number of carboxylic acid groups (broad SMARTS) is 1. The molecule has 3 rings (SSSR count). The van der Waals surface area contributed by atoms with E-state index in [0.717, 1.165) is 5.69 Å². The molecule has 6 nitrogen and oxygen atoms in total. The first-order valence-corrected chi connectivity index (χ1v) is 8.11. The molecule has 1 unspecified atom stereocenters. The van der Waals surface area contributed by atoms with Gasteiger partial charge in [-0.2, -0.15) is 0 Å². The number of amides is 2. The molecular weight excluding hydrogens is 290 g/mol. The molecule has 2 fully saturated rings. The maximum Gasteiger partial charge on any atom is 0.323 e. The highest BCUT2D eigenvalue weighted by Gasteiger charge is 2.39. The third-order valence-corrected chi connectivity index (χ3v) is 5.01. The molecule has 2 amide bonds. The Bertz CT molecular complexity index is 570. The molecule has 1 aromatic heterocycles. The molecule has 1 aromatic rings. The highest BCUT2D eigenvalue weighted by Crippen LogP contribution is 2.41. The maximum absolute atomic E-state index is 12.3. The molecule has 2 heterocycles. The van der Waals surface area contributed by atoms with Gasteiger partial charge in [0, 0.05) is 24.4 Å². The van der Waals surface area contributed by atoms with Crippen LogP contribution in [-0.4, -0.2) is 40.1 Å². The van der Waals surface area contributed by atoms with Gasteiger partial charge in [-0.05, 0) is 32.6 Å². The molecule has 0 aromatic carbocycles. The van der Waals surface area contributed by atoms with E-state index in [9.17, 15) is 14.7 Å². The van der Waals surface area contributed by atoms with Crippen molar-refractivity contribution in [3.8, 4) is 0 Å². The van der Waals surface area contributed by atoms with Crippen molar-refractivity contribution in [2.24, 2.45) is 5.41 Å². The van der Waals surface area contributed by atoms with Gasteiger partial charge in [-0.3, -0.25) is 10.1 Å². The number of piperidine rings is 1. The van der Waals surface area contributed by atoms with Gasteiger partial charge in [0.25, 0.3) is 0 Å². The van der Waals surface area contributed by atoms with Crippen LogP contribution < -0.4 is 5.32 Å². The monoisotopic (exact) mass is 309 g/mol. The number of aliphatic carboxylic acids is 1. The summed E-state index contributed by atoms with van der Waals surface area (Å²) in [6.45, 7) is 2.54. The van der Waals surface area contributed by atoms with E-state index in [1.165, 1.54) is 24.2 Å². The van der Waals surface area contributed by atoms with Crippen LogP contribution in [-0.2, 0) is 4.79 Å². The second kappa shape index (κ2) is 5.29. The van der Waals surface area contributed by atoms with Crippen LogP contribution in [0, 0.1) is 5.41 Å². The van der Waals surface area contributed by atoms with Crippen molar-refractivity contribution in [2.45, 2.75) is 38.5 Å². The second-order valence-corrected chi connectivity index (χ2v) is 7.03. The predicted molar refractivity (Wildman–Crippen MR) is 79.7 cm³/mol. The van der Waals surface area contributed by atoms with E-state index >= 15 is 0 Å². The number of nitrogens with one attached hydrogen (secondary N) is 1. The number of carbonyl (C=O) groups is 2. The van der Waals surface area contributed by atoms with Gasteiger partial charge in [0.2, 0.25) is 0 Å². The number of hydrogen-bond donors (Lipinski definition) is 2. The van der Waals surface area contributed by atoms with E-state index in [4.69, 9.17) is 0 Å². The minimum absolute atomic E-state index is 0.245. The number of likely N-dealkylation sites (tertiary alicyclic amines) is 1. The zero-order valence-electron chi connectivity index (χ0n) is 12.0. The van der Waals surface area contributed by atoms with Crippen molar-refractivity contribution < 1.29 is 14.7 Å².